The van der Waals surface area contributed by atoms with Crippen LogP contribution in [0.2, 0.25) is 0 Å². The zero-order valence-corrected chi connectivity index (χ0v) is 18.0. The molecule has 154 valence electrons. The third-order valence-corrected chi connectivity index (χ3v) is 6.66. The van der Waals surface area contributed by atoms with Gasteiger partial charge in [0, 0.05) is 38.3 Å². The molecule has 0 amide bonds. The maximum Gasteiger partial charge on any atom is 0.160 e. The third kappa shape index (κ3) is 3.98. The van der Waals surface area contributed by atoms with Crippen molar-refractivity contribution in [1.29, 1.82) is 0 Å². The lowest BCUT2D eigenvalue weighted by Gasteiger charge is -2.33. The van der Waals surface area contributed by atoms with Gasteiger partial charge in [-0.1, -0.05) is 12.1 Å². The summed E-state index contributed by atoms with van der Waals surface area (Å²) in [5.74, 6) is 1.98. The van der Waals surface area contributed by atoms with Gasteiger partial charge in [0.25, 0.3) is 0 Å². The monoisotopic (exact) mass is 418 g/mol. The lowest BCUT2D eigenvalue weighted by atomic mass is 10.0. The highest BCUT2D eigenvalue weighted by molar-refractivity contribution is 7.07. The summed E-state index contributed by atoms with van der Waals surface area (Å²) < 4.78 is 7.81. The van der Waals surface area contributed by atoms with Crippen molar-refractivity contribution in [3.63, 3.8) is 0 Å². The smallest absolute Gasteiger partial charge is 0.160 e. The molecule has 1 saturated heterocycles. The Morgan fingerprint density at radius 2 is 2.00 bits per heavy atom. The largest absolute Gasteiger partial charge is 0.497 e. The number of pyridine rings is 1. The fraction of sp³-hybridized carbons (Fsp3) is 0.333. The van der Waals surface area contributed by atoms with Crippen LogP contribution in [-0.2, 0) is 13.0 Å². The number of hydrogen-bond donors (Lipinski definition) is 0. The molecule has 0 radical (unpaired) electrons. The second kappa shape index (κ2) is 8.58. The average Bonchev–Trinajstić information content (AvgIpc) is 3.42. The van der Waals surface area contributed by atoms with Gasteiger partial charge < -0.3 is 9.30 Å². The zero-order chi connectivity index (χ0) is 20.3. The SMILES string of the molecule is COc1cccc(Cc2nc3cccnc3n2C2CCN(Cc3ccsc3)CC2)c1. The molecule has 1 fully saturated rings. The van der Waals surface area contributed by atoms with Crippen molar-refractivity contribution >= 4 is 22.5 Å². The molecule has 30 heavy (non-hydrogen) atoms. The average molecular weight is 419 g/mol. The summed E-state index contributed by atoms with van der Waals surface area (Å²) in [5, 5.41) is 4.42. The molecule has 1 aliphatic heterocycles. The number of fused-ring (bicyclic) bond motifs is 1. The van der Waals surface area contributed by atoms with Gasteiger partial charge in [-0.3, -0.25) is 4.90 Å². The lowest BCUT2D eigenvalue weighted by Crippen LogP contribution is -2.34. The van der Waals surface area contributed by atoms with Crippen molar-refractivity contribution in [3.05, 3.63) is 76.4 Å². The number of hydrogen-bond acceptors (Lipinski definition) is 5. The number of aromatic nitrogens is 3. The first kappa shape index (κ1) is 19.3. The Labute approximate surface area is 181 Å². The minimum atomic E-state index is 0.434. The maximum absolute atomic E-state index is 5.41. The summed E-state index contributed by atoms with van der Waals surface area (Å²) in [6.07, 6.45) is 4.90. The number of benzene rings is 1. The summed E-state index contributed by atoms with van der Waals surface area (Å²) in [6, 6.07) is 15.0. The standard InChI is InChI=1S/C24H26N4OS/c1-29-21-5-2-4-18(14-21)15-23-26-22-6-3-10-25-24(22)28(23)20-7-11-27(12-8-20)16-19-9-13-30-17-19/h2-6,9-10,13-14,17,20H,7-8,11-12,15-16H2,1H3. The van der Waals surface area contributed by atoms with E-state index in [4.69, 9.17) is 14.7 Å². The predicted molar refractivity (Wildman–Crippen MR) is 121 cm³/mol. The van der Waals surface area contributed by atoms with Gasteiger partial charge in [0.1, 0.15) is 17.1 Å². The van der Waals surface area contributed by atoms with Gasteiger partial charge in [-0.25, -0.2) is 9.97 Å². The van der Waals surface area contributed by atoms with Crippen LogP contribution >= 0.6 is 11.3 Å². The molecule has 4 heterocycles. The van der Waals surface area contributed by atoms with Crippen molar-refractivity contribution in [3.8, 4) is 5.75 Å². The second-order valence-electron chi connectivity index (χ2n) is 7.91. The number of rotatable bonds is 6. The highest BCUT2D eigenvalue weighted by Crippen LogP contribution is 2.30. The molecule has 0 aliphatic carbocycles. The van der Waals surface area contributed by atoms with Crippen LogP contribution in [0.5, 0.6) is 5.75 Å². The molecule has 0 bridgehead atoms. The predicted octanol–water partition coefficient (Wildman–Crippen LogP) is 4.93. The zero-order valence-electron chi connectivity index (χ0n) is 17.2. The molecule has 5 nitrogen and oxygen atoms in total. The lowest BCUT2D eigenvalue weighted by molar-refractivity contribution is 0.180. The van der Waals surface area contributed by atoms with E-state index in [0.29, 0.717) is 6.04 Å². The fourth-order valence-corrected chi connectivity index (χ4v) is 5.09. The van der Waals surface area contributed by atoms with Crippen LogP contribution in [0, 0.1) is 0 Å². The minimum Gasteiger partial charge on any atom is -0.497 e. The van der Waals surface area contributed by atoms with E-state index in [-0.39, 0.29) is 0 Å². The Hall–Kier alpha value is -2.70. The Kier molecular flexibility index (Phi) is 5.51. The van der Waals surface area contributed by atoms with E-state index >= 15 is 0 Å². The summed E-state index contributed by atoms with van der Waals surface area (Å²) in [7, 11) is 1.71. The van der Waals surface area contributed by atoms with Crippen LogP contribution in [0.25, 0.3) is 11.2 Å². The van der Waals surface area contributed by atoms with Gasteiger partial charge in [-0.05, 0) is 65.1 Å². The summed E-state index contributed by atoms with van der Waals surface area (Å²) >= 11 is 1.78. The molecule has 1 aromatic carbocycles. The minimum absolute atomic E-state index is 0.434. The number of nitrogens with zero attached hydrogens (tertiary/aromatic N) is 4. The highest BCUT2D eigenvalue weighted by atomic mass is 32.1. The Balaban J connectivity index is 1.40. The summed E-state index contributed by atoms with van der Waals surface area (Å²) in [5.41, 5.74) is 4.62. The van der Waals surface area contributed by atoms with Crippen LogP contribution in [0.15, 0.2) is 59.4 Å². The number of methoxy groups -OCH3 is 1. The Morgan fingerprint density at radius 3 is 2.80 bits per heavy atom. The molecule has 6 heteroatoms. The van der Waals surface area contributed by atoms with Crippen LogP contribution in [-0.4, -0.2) is 39.6 Å². The fourth-order valence-electron chi connectivity index (χ4n) is 4.43. The van der Waals surface area contributed by atoms with E-state index in [1.807, 2.05) is 24.4 Å². The van der Waals surface area contributed by atoms with Crippen LogP contribution in [0.1, 0.15) is 35.8 Å². The van der Waals surface area contributed by atoms with E-state index < -0.39 is 0 Å². The van der Waals surface area contributed by atoms with Crippen molar-refractivity contribution in [2.24, 2.45) is 0 Å². The van der Waals surface area contributed by atoms with Crippen molar-refractivity contribution in [2.45, 2.75) is 31.8 Å². The molecule has 1 aliphatic rings. The molecule has 0 atom stereocenters. The first-order valence-electron chi connectivity index (χ1n) is 10.5. The number of ether oxygens (including phenoxy) is 1. The second-order valence-corrected chi connectivity index (χ2v) is 8.69. The van der Waals surface area contributed by atoms with E-state index in [9.17, 15) is 0 Å². The van der Waals surface area contributed by atoms with Gasteiger partial charge in [0.2, 0.25) is 0 Å². The van der Waals surface area contributed by atoms with Gasteiger partial charge in [0.15, 0.2) is 5.65 Å². The van der Waals surface area contributed by atoms with E-state index in [0.717, 1.165) is 61.6 Å². The van der Waals surface area contributed by atoms with Crippen molar-refractivity contribution < 1.29 is 4.74 Å². The summed E-state index contributed by atoms with van der Waals surface area (Å²) in [4.78, 5) is 12.2. The Morgan fingerprint density at radius 1 is 1.10 bits per heavy atom. The number of likely N-dealkylation sites (tertiary alicyclic amines) is 1. The first-order chi connectivity index (χ1) is 14.8. The van der Waals surface area contributed by atoms with Gasteiger partial charge in [-0.2, -0.15) is 11.3 Å². The van der Waals surface area contributed by atoms with Crippen molar-refractivity contribution in [1.82, 2.24) is 19.4 Å². The number of imidazole rings is 1. The first-order valence-corrected chi connectivity index (χ1v) is 11.4. The van der Waals surface area contributed by atoms with Crippen LogP contribution < -0.4 is 4.74 Å². The van der Waals surface area contributed by atoms with E-state index in [1.54, 1.807) is 18.4 Å². The molecule has 4 aromatic rings. The third-order valence-electron chi connectivity index (χ3n) is 5.93. The van der Waals surface area contributed by atoms with E-state index in [1.165, 1.54) is 11.1 Å². The molecule has 0 N–H and O–H groups in total. The quantitative estimate of drug-likeness (QED) is 0.445. The molecule has 0 spiro atoms. The highest BCUT2D eigenvalue weighted by Gasteiger charge is 2.25. The van der Waals surface area contributed by atoms with Gasteiger partial charge >= 0.3 is 0 Å². The Bertz CT molecular complexity index is 1110. The van der Waals surface area contributed by atoms with Gasteiger partial charge in [-0.15, -0.1) is 0 Å². The van der Waals surface area contributed by atoms with Crippen molar-refractivity contribution in [2.75, 3.05) is 20.2 Å². The topological polar surface area (TPSA) is 43.2 Å². The maximum atomic E-state index is 5.41. The molecular formula is C24H26N4OS. The molecule has 3 aromatic heterocycles. The van der Waals surface area contributed by atoms with E-state index in [2.05, 4.69) is 44.5 Å². The molecular weight excluding hydrogens is 392 g/mol. The van der Waals surface area contributed by atoms with Gasteiger partial charge in [0.05, 0.1) is 7.11 Å². The molecule has 0 unspecified atom stereocenters. The number of thiophene rings is 1. The summed E-state index contributed by atoms with van der Waals surface area (Å²) in [6.45, 7) is 3.26. The normalized spacial score (nSPS) is 15.6. The van der Waals surface area contributed by atoms with Crippen LogP contribution in [0.3, 0.4) is 0 Å². The number of piperidine rings is 1. The molecule has 5 rings (SSSR count). The van der Waals surface area contributed by atoms with Crippen LogP contribution in [0.4, 0.5) is 0 Å². The molecule has 0 saturated carbocycles.